The first-order chi connectivity index (χ1) is 15.2. The maximum absolute atomic E-state index is 12.0. The van der Waals surface area contributed by atoms with Crippen molar-refractivity contribution in [2.45, 2.75) is 19.3 Å². The lowest BCUT2D eigenvalue weighted by Crippen LogP contribution is -2.30. The molecule has 0 radical (unpaired) electrons. The zero-order valence-electron chi connectivity index (χ0n) is 16.9. The summed E-state index contributed by atoms with van der Waals surface area (Å²) >= 11 is 0. The molecule has 0 aliphatic carbocycles. The molecule has 0 spiro atoms. The Hall–Kier alpha value is -3.94. The minimum atomic E-state index is -0.785. The van der Waals surface area contributed by atoms with Crippen LogP contribution in [0.25, 0.3) is 22.2 Å². The van der Waals surface area contributed by atoms with E-state index in [0.29, 0.717) is 15.9 Å². The van der Waals surface area contributed by atoms with Crippen molar-refractivity contribution in [3.63, 3.8) is 0 Å². The molecule has 0 saturated carbocycles. The van der Waals surface area contributed by atoms with Crippen LogP contribution in [0.5, 0.6) is 0 Å². The fraction of sp³-hybridized carbons (Fsp3) is 0.217. The van der Waals surface area contributed by atoms with Gasteiger partial charge in [-0.3, -0.25) is 0 Å². The Balaban J connectivity index is 1.41. The number of aromatic nitrogens is 4. The highest BCUT2D eigenvalue weighted by molar-refractivity contribution is 5.88. The van der Waals surface area contributed by atoms with Crippen molar-refractivity contribution in [1.82, 2.24) is 19.7 Å². The van der Waals surface area contributed by atoms with Gasteiger partial charge in [0.15, 0.2) is 5.65 Å². The van der Waals surface area contributed by atoms with Gasteiger partial charge in [-0.15, -0.1) is 4.73 Å². The molecule has 1 aliphatic rings. The van der Waals surface area contributed by atoms with Crippen LogP contribution in [0.4, 0.5) is 17.3 Å². The Kier molecular flexibility index (Phi) is 4.95. The topological polar surface area (TPSA) is 96.2 Å². The summed E-state index contributed by atoms with van der Waals surface area (Å²) in [5, 5.41) is 13.6. The molecule has 0 bridgehead atoms. The van der Waals surface area contributed by atoms with Gasteiger partial charge < -0.3 is 15.4 Å². The number of anilines is 3. The van der Waals surface area contributed by atoms with E-state index in [1.54, 1.807) is 12.1 Å². The number of hydrogen-bond acceptors (Lipinski definition) is 7. The summed E-state index contributed by atoms with van der Waals surface area (Å²) in [6.45, 7) is 2.11. The van der Waals surface area contributed by atoms with E-state index in [-0.39, 0.29) is 5.65 Å². The second-order valence-electron chi connectivity index (χ2n) is 7.58. The van der Waals surface area contributed by atoms with Crippen molar-refractivity contribution >= 4 is 28.4 Å². The summed E-state index contributed by atoms with van der Waals surface area (Å²) in [4.78, 5) is 26.9. The molecule has 2 N–H and O–H groups in total. The van der Waals surface area contributed by atoms with E-state index in [9.17, 15) is 10.0 Å². The molecule has 0 amide bonds. The third-order valence-electron chi connectivity index (χ3n) is 5.54. The molecule has 0 atom stereocenters. The quantitative estimate of drug-likeness (QED) is 0.490. The molecule has 8 heteroatoms. The molecule has 1 fully saturated rings. The standard InChI is InChI=1S/C23H22N6O2/c30-23-27-21(19-5-4-11-25-22(19)29(23)31)26-18-8-6-16(7-9-18)17-10-12-24-20(15-17)28-13-2-1-3-14-28/h4-12,15,31H,1-3,13-14H2,(H,26,27,30). The minimum absolute atomic E-state index is 0.156. The number of fused-ring (bicyclic) bond motifs is 1. The lowest BCUT2D eigenvalue weighted by molar-refractivity contribution is 0.182. The van der Waals surface area contributed by atoms with Crippen molar-refractivity contribution in [2.75, 3.05) is 23.3 Å². The first-order valence-corrected chi connectivity index (χ1v) is 10.3. The van der Waals surface area contributed by atoms with E-state index in [1.165, 1.54) is 25.5 Å². The van der Waals surface area contributed by atoms with Gasteiger partial charge in [-0.2, -0.15) is 4.98 Å². The van der Waals surface area contributed by atoms with Gasteiger partial charge in [-0.05, 0) is 66.8 Å². The Morgan fingerprint density at radius 2 is 1.71 bits per heavy atom. The van der Waals surface area contributed by atoms with Gasteiger partial charge >= 0.3 is 5.69 Å². The molecule has 3 aromatic heterocycles. The third-order valence-corrected chi connectivity index (χ3v) is 5.54. The number of nitrogens with one attached hydrogen (secondary N) is 1. The van der Waals surface area contributed by atoms with Crippen molar-refractivity contribution in [1.29, 1.82) is 0 Å². The monoisotopic (exact) mass is 414 g/mol. The van der Waals surface area contributed by atoms with Crippen LogP contribution in [-0.4, -0.2) is 38.0 Å². The summed E-state index contributed by atoms with van der Waals surface area (Å²) < 4.78 is 0.451. The van der Waals surface area contributed by atoms with Gasteiger partial charge in [0, 0.05) is 31.2 Å². The number of pyridine rings is 2. The maximum atomic E-state index is 12.0. The summed E-state index contributed by atoms with van der Waals surface area (Å²) in [5.41, 5.74) is 2.34. The molecule has 5 rings (SSSR count). The molecular weight excluding hydrogens is 392 g/mol. The molecule has 1 aliphatic heterocycles. The predicted octanol–water partition coefficient (Wildman–Crippen LogP) is 3.82. The number of hydrogen-bond donors (Lipinski definition) is 2. The molecular formula is C23H22N6O2. The second-order valence-corrected chi connectivity index (χ2v) is 7.58. The molecule has 1 aromatic carbocycles. The van der Waals surface area contributed by atoms with E-state index < -0.39 is 5.69 Å². The minimum Gasteiger partial charge on any atom is -0.422 e. The van der Waals surface area contributed by atoms with Crippen LogP contribution in [0.15, 0.2) is 65.7 Å². The van der Waals surface area contributed by atoms with E-state index in [2.05, 4.69) is 31.2 Å². The van der Waals surface area contributed by atoms with Crippen molar-refractivity contribution in [2.24, 2.45) is 0 Å². The van der Waals surface area contributed by atoms with Crippen LogP contribution >= 0.6 is 0 Å². The second kappa shape index (κ2) is 8.06. The lowest BCUT2D eigenvalue weighted by Gasteiger charge is -2.27. The highest BCUT2D eigenvalue weighted by atomic mass is 16.5. The van der Waals surface area contributed by atoms with Gasteiger partial charge in [0.25, 0.3) is 0 Å². The largest absolute Gasteiger partial charge is 0.422 e. The zero-order valence-corrected chi connectivity index (χ0v) is 16.9. The first-order valence-electron chi connectivity index (χ1n) is 10.3. The van der Waals surface area contributed by atoms with Crippen molar-refractivity contribution < 1.29 is 5.21 Å². The van der Waals surface area contributed by atoms with Gasteiger partial charge in [-0.1, -0.05) is 12.1 Å². The van der Waals surface area contributed by atoms with Gasteiger partial charge in [0.2, 0.25) is 0 Å². The Morgan fingerprint density at radius 3 is 2.52 bits per heavy atom. The Bertz CT molecular complexity index is 1280. The van der Waals surface area contributed by atoms with Crippen molar-refractivity contribution in [3.8, 4) is 11.1 Å². The Morgan fingerprint density at radius 1 is 0.903 bits per heavy atom. The van der Waals surface area contributed by atoms with Gasteiger partial charge in [0.1, 0.15) is 11.6 Å². The van der Waals surface area contributed by atoms with Crippen LogP contribution in [0.3, 0.4) is 0 Å². The zero-order chi connectivity index (χ0) is 21.2. The molecule has 4 aromatic rings. The van der Waals surface area contributed by atoms with Gasteiger partial charge in [0.05, 0.1) is 5.39 Å². The lowest BCUT2D eigenvalue weighted by atomic mass is 10.1. The fourth-order valence-corrected chi connectivity index (χ4v) is 3.92. The molecule has 8 nitrogen and oxygen atoms in total. The van der Waals surface area contributed by atoms with Crippen LogP contribution in [-0.2, 0) is 0 Å². The van der Waals surface area contributed by atoms with E-state index in [1.807, 2.05) is 36.5 Å². The molecule has 156 valence electrons. The molecule has 4 heterocycles. The number of nitrogens with zero attached hydrogens (tertiary/aromatic N) is 5. The van der Waals surface area contributed by atoms with Crippen LogP contribution in [0.1, 0.15) is 19.3 Å². The van der Waals surface area contributed by atoms with E-state index in [4.69, 9.17) is 0 Å². The summed E-state index contributed by atoms with van der Waals surface area (Å²) in [6, 6.07) is 15.5. The maximum Gasteiger partial charge on any atom is 0.384 e. The van der Waals surface area contributed by atoms with E-state index in [0.717, 1.165) is 35.7 Å². The first kappa shape index (κ1) is 19.0. The fourth-order valence-electron chi connectivity index (χ4n) is 3.92. The summed E-state index contributed by atoms with van der Waals surface area (Å²) in [7, 11) is 0. The molecule has 1 saturated heterocycles. The van der Waals surface area contributed by atoms with Gasteiger partial charge in [-0.25, -0.2) is 14.8 Å². The van der Waals surface area contributed by atoms with Crippen LogP contribution < -0.4 is 15.9 Å². The van der Waals surface area contributed by atoms with Crippen molar-refractivity contribution in [3.05, 3.63) is 71.4 Å². The predicted molar refractivity (Wildman–Crippen MR) is 120 cm³/mol. The Labute approximate surface area is 178 Å². The normalized spacial score (nSPS) is 14.0. The third kappa shape index (κ3) is 3.79. The number of piperidine rings is 1. The molecule has 0 unspecified atom stereocenters. The summed E-state index contributed by atoms with van der Waals surface area (Å²) in [6.07, 6.45) is 7.09. The number of rotatable bonds is 4. The average Bonchev–Trinajstić information content (AvgIpc) is 2.83. The van der Waals surface area contributed by atoms with Crippen LogP contribution in [0, 0.1) is 0 Å². The van der Waals surface area contributed by atoms with E-state index >= 15 is 0 Å². The SMILES string of the molecule is O=c1nc(Nc2ccc(-c3ccnc(N4CCCCC4)c3)cc2)c2cccnc2n1O. The highest BCUT2D eigenvalue weighted by Gasteiger charge is 2.13. The highest BCUT2D eigenvalue weighted by Crippen LogP contribution is 2.27. The molecule has 31 heavy (non-hydrogen) atoms. The average molecular weight is 414 g/mol. The van der Waals surface area contributed by atoms with Crippen LogP contribution in [0.2, 0.25) is 0 Å². The number of benzene rings is 1. The smallest absolute Gasteiger partial charge is 0.384 e. The summed E-state index contributed by atoms with van der Waals surface area (Å²) in [5.74, 6) is 1.37.